The van der Waals surface area contributed by atoms with Crippen molar-refractivity contribution in [2.75, 3.05) is 57.1 Å². The summed E-state index contributed by atoms with van der Waals surface area (Å²) in [6, 6.07) is 13.0. The lowest BCUT2D eigenvalue weighted by molar-refractivity contribution is 0.0602. The molecule has 2 amide bonds. The molecule has 1 fully saturated rings. The van der Waals surface area contributed by atoms with Gasteiger partial charge in [-0.3, -0.25) is 0 Å². The summed E-state index contributed by atoms with van der Waals surface area (Å²) in [5.74, 6) is -0.507. The van der Waals surface area contributed by atoms with Gasteiger partial charge in [0.1, 0.15) is 0 Å². The molecular weight excluding hydrogens is 448 g/mol. The van der Waals surface area contributed by atoms with Crippen molar-refractivity contribution in [1.82, 2.24) is 10.2 Å². The Labute approximate surface area is 185 Å². The molecule has 2 aromatic carbocycles. The number of methoxy groups -OCH3 is 1. The van der Waals surface area contributed by atoms with Crippen LogP contribution in [0.2, 0.25) is 0 Å². The second-order valence-corrected chi connectivity index (χ2v) is 8.15. The van der Waals surface area contributed by atoms with Gasteiger partial charge in [0.25, 0.3) is 0 Å². The van der Waals surface area contributed by atoms with E-state index in [0.29, 0.717) is 17.8 Å². The van der Waals surface area contributed by atoms with Gasteiger partial charge in [-0.05, 0) is 43.3 Å². The first-order valence-electron chi connectivity index (χ1n) is 9.92. The van der Waals surface area contributed by atoms with E-state index < -0.39 is 5.97 Å². The van der Waals surface area contributed by atoms with E-state index in [1.54, 1.807) is 18.2 Å². The van der Waals surface area contributed by atoms with Crippen LogP contribution in [0.15, 0.2) is 46.9 Å². The van der Waals surface area contributed by atoms with E-state index in [9.17, 15) is 9.59 Å². The maximum Gasteiger partial charge on any atom is 0.340 e. The molecule has 0 saturated carbocycles. The molecule has 2 aromatic rings. The van der Waals surface area contributed by atoms with E-state index in [0.717, 1.165) is 37.1 Å². The van der Waals surface area contributed by atoms with E-state index in [1.165, 1.54) is 18.4 Å². The quantitative estimate of drug-likeness (QED) is 0.627. The predicted octanol–water partition coefficient (Wildman–Crippen LogP) is 3.35. The van der Waals surface area contributed by atoms with Crippen LogP contribution in [-0.4, -0.2) is 63.8 Å². The van der Waals surface area contributed by atoms with Crippen molar-refractivity contribution in [2.45, 2.75) is 6.42 Å². The van der Waals surface area contributed by atoms with Gasteiger partial charge in [-0.2, -0.15) is 0 Å². The summed E-state index contributed by atoms with van der Waals surface area (Å²) in [6.07, 6.45) is 0.722. The predicted molar refractivity (Wildman–Crippen MR) is 122 cm³/mol. The Hall–Kier alpha value is -2.58. The SMILES string of the molecule is COC(=O)c1cc(Br)ccc1NC(=O)NCCc1ccccc1N1CCN(C)CC1. The Bertz CT molecular complexity index is 898. The molecule has 0 unspecified atom stereocenters. The number of urea groups is 1. The highest BCUT2D eigenvalue weighted by molar-refractivity contribution is 9.10. The summed E-state index contributed by atoms with van der Waals surface area (Å²) in [5, 5.41) is 5.61. The van der Waals surface area contributed by atoms with Crippen LogP contribution in [-0.2, 0) is 11.2 Å². The second-order valence-electron chi connectivity index (χ2n) is 7.23. The highest BCUT2D eigenvalue weighted by atomic mass is 79.9. The van der Waals surface area contributed by atoms with Gasteiger partial charge in [-0.15, -0.1) is 0 Å². The van der Waals surface area contributed by atoms with E-state index in [-0.39, 0.29) is 6.03 Å². The normalized spacial score (nSPS) is 14.3. The number of halogens is 1. The molecule has 7 nitrogen and oxygen atoms in total. The van der Waals surface area contributed by atoms with Gasteiger partial charge in [0.15, 0.2) is 0 Å². The lowest BCUT2D eigenvalue weighted by Gasteiger charge is -2.35. The number of nitrogens with one attached hydrogen (secondary N) is 2. The van der Waals surface area contributed by atoms with Gasteiger partial charge in [-0.25, -0.2) is 9.59 Å². The fraction of sp³-hybridized carbons (Fsp3) is 0.364. The molecule has 1 aliphatic rings. The number of ether oxygens (including phenoxy) is 1. The van der Waals surface area contributed by atoms with Gasteiger partial charge >= 0.3 is 12.0 Å². The number of benzene rings is 2. The van der Waals surface area contributed by atoms with Crippen molar-refractivity contribution in [1.29, 1.82) is 0 Å². The molecule has 0 bridgehead atoms. The average molecular weight is 475 g/mol. The Morgan fingerprint density at radius 2 is 1.83 bits per heavy atom. The molecule has 3 rings (SSSR count). The Balaban J connectivity index is 1.58. The van der Waals surface area contributed by atoms with Crippen LogP contribution in [0.4, 0.5) is 16.2 Å². The number of piperazine rings is 1. The van der Waals surface area contributed by atoms with Gasteiger partial charge < -0.3 is 25.2 Å². The second kappa shape index (κ2) is 10.4. The number of para-hydroxylation sites is 1. The molecule has 0 aromatic heterocycles. The first kappa shape index (κ1) is 22.1. The zero-order chi connectivity index (χ0) is 21.5. The third kappa shape index (κ3) is 5.73. The average Bonchev–Trinajstić information content (AvgIpc) is 2.75. The van der Waals surface area contributed by atoms with Gasteiger partial charge in [0.2, 0.25) is 0 Å². The van der Waals surface area contributed by atoms with Crippen LogP contribution < -0.4 is 15.5 Å². The highest BCUT2D eigenvalue weighted by Crippen LogP contribution is 2.23. The number of nitrogens with zero attached hydrogens (tertiary/aromatic N) is 2. The van der Waals surface area contributed by atoms with Crippen LogP contribution in [0.3, 0.4) is 0 Å². The van der Waals surface area contributed by atoms with Crippen LogP contribution in [0.1, 0.15) is 15.9 Å². The number of anilines is 2. The maximum atomic E-state index is 12.4. The molecule has 0 radical (unpaired) electrons. The third-order valence-electron chi connectivity index (χ3n) is 5.15. The number of likely N-dealkylation sites (N-methyl/N-ethyl adjacent to an activating group) is 1. The lowest BCUT2D eigenvalue weighted by atomic mass is 10.1. The monoisotopic (exact) mass is 474 g/mol. The minimum absolute atomic E-state index is 0.294. The summed E-state index contributed by atoms with van der Waals surface area (Å²) in [5.41, 5.74) is 3.14. The molecule has 8 heteroatoms. The number of amides is 2. The Kier molecular flexibility index (Phi) is 7.70. The van der Waals surface area contributed by atoms with Crippen molar-refractivity contribution in [2.24, 2.45) is 0 Å². The van der Waals surface area contributed by atoms with Crippen LogP contribution >= 0.6 is 15.9 Å². The number of carbonyl (C=O) groups is 2. The van der Waals surface area contributed by atoms with E-state index >= 15 is 0 Å². The largest absolute Gasteiger partial charge is 0.465 e. The summed E-state index contributed by atoms with van der Waals surface area (Å²) in [6.45, 7) is 4.58. The van der Waals surface area contributed by atoms with Crippen molar-refractivity contribution in [3.05, 3.63) is 58.1 Å². The molecule has 0 spiro atoms. The first-order valence-corrected chi connectivity index (χ1v) is 10.7. The maximum absolute atomic E-state index is 12.4. The van der Waals surface area contributed by atoms with Crippen molar-refractivity contribution >= 4 is 39.3 Å². The molecule has 1 heterocycles. The Morgan fingerprint density at radius 1 is 1.10 bits per heavy atom. The standard InChI is InChI=1S/C22H27BrN4O3/c1-26-11-13-27(14-12-26)20-6-4-3-5-16(20)9-10-24-22(29)25-19-8-7-17(23)15-18(19)21(28)30-2/h3-8,15H,9-14H2,1-2H3,(H2,24,25,29). The fourth-order valence-electron chi connectivity index (χ4n) is 3.46. The van der Waals surface area contributed by atoms with Crippen molar-refractivity contribution < 1.29 is 14.3 Å². The zero-order valence-corrected chi connectivity index (χ0v) is 18.9. The molecule has 1 aliphatic heterocycles. The molecule has 0 aliphatic carbocycles. The van der Waals surface area contributed by atoms with E-state index in [1.807, 2.05) is 6.07 Å². The number of carbonyl (C=O) groups excluding carboxylic acids is 2. The molecule has 1 saturated heterocycles. The third-order valence-corrected chi connectivity index (χ3v) is 5.64. The summed E-state index contributed by atoms with van der Waals surface area (Å²) in [7, 11) is 3.45. The number of rotatable bonds is 6. The van der Waals surface area contributed by atoms with E-state index in [2.05, 4.69) is 61.6 Å². The Morgan fingerprint density at radius 3 is 2.57 bits per heavy atom. The van der Waals surface area contributed by atoms with Gasteiger partial charge in [-0.1, -0.05) is 34.1 Å². The van der Waals surface area contributed by atoms with Gasteiger partial charge in [0, 0.05) is 42.9 Å². The molecular formula is C22H27BrN4O3. The minimum atomic E-state index is -0.507. The molecule has 2 N–H and O–H groups in total. The highest BCUT2D eigenvalue weighted by Gasteiger charge is 2.17. The minimum Gasteiger partial charge on any atom is -0.465 e. The van der Waals surface area contributed by atoms with Crippen LogP contribution in [0.5, 0.6) is 0 Å². The number of esters is 1. The van der Waals surface area contributed by atoms with Crippen LogP contribution in [0, 0.1) is 0 Å². The van der Waals surface area contributed by atoms with E-state index in [4.69, 9.17) is 4.74 Å². The topological polar surface area (TPSA) is 73.9 Å². The first-order chi connectivity index (χ1) is 14.5. The van der Waals surface area contributed by atoms with Crippen molar-refractivity contribution in [3.63, 3.8) is 0 Å². The summed E-state index contributed by atoms with van der Waals surface area (Å²) in [4.78, 5) is 29.1. The van der Waals surface area contributed by atoms with Crippen molar-refractivity contribution in [3.8, 4) is 0 Å². The molecule has 0 atom stereocenters. The zero-order valence-electron chi connectivity index (χ0n) is 17.3. The molecule has 160 valence electrons. The smallest absolute Gasteiger partial charge is 0.340 e. The lowest BCUT2D eigenvalue weighted by Crippen LogP contribution is -2.44. The van der Waals surface area contributed by atoms with Gasteiger partial charge in [0.05, 0.1) is 18.4 Å². The number of hydrogen-bond acceptors (Lipinski definition) is 5. The summed E-state index contributed by atoms with van der Waals surface area (Å²) < 4.78 is 5.52. The number of hydrogen-bond donors (Lipinski definition) is 2. The van der Waals surface area contributed by atoms with Crippen LogP contribution in [0.25, 0.3) is 0 Å². The summed E-state index contributed by atoms with van der Waals surface area (Å²) >= 11 is 3.33. The molecule has 30 heavy (non-hydrogen) atoms. The fourth-order valence-corrected chi connectivity index (χ4v) is 3.82.